The molecule has 6 nitrogen and oxygen atoms in total. The number of amides is 1. The van der Waals surface area contributed by atoms with Crippen LogP contribution in [0.5, 0.6) is 5.75 Å². The van der Waals surface area contributed by atoms with Crippen LogP contribution in [0, 0.1) is 0 Å². The summed E-state index contributed by atoms with van der Waals surface area (Å²) in [5, 5.41) is 0.450. The van der Waals surface area contributed by atoms with Gasteiger partial charge >= 0.3 is 0 Å². The SMILES string of the molecule is CCOc1ccc2c(=O)c3c(oc2c1)C(=O)N(CCN(CC)CC)C3c1cccc(Br)c1. The van der Waals surface area contributed by atoms with Crippen molar-refractivity contribution < 1.29 is 13.9 Å². The third-order valence-electron chi connectivity index (χ3n) is 5.97. The van der Waals surface area contributed by atoms with Crippen LogP contribution in [0.25, 0.3) is 11.0 Å². The minimum Gasteiger partial charge on any atom is -0.494 e. The zero-order chi connectivity index (χ0) is 22.8. The Kier molecular flexibility index (Phi) is 6.67. The zero-order valence-corrected chi connectivity index (χ0v) is 20.1. The minimum absolute atomic E-state index is 0.126. The van der Waals surface area contributed by atoms with E-state index in [-0.39, 0.29) is 17.1 Å². The third-order valence-corrected chi connectivity index (χ3v) is 6.46. The molecule has 0 N–H and O–H groups in total. The average molecular weight is 499 g/mol. The predicted molar refractivity (Wildman–Crippen MR) is 128 cm³/mol. The molecule has 32 heavy (non-hydrogen) atoms. The number of hydrogen-bond acceptors (Lipinski definition) is 5. The van der Waals surface area contributed by atoms with Gasteiger partial charge in [-0.1, -0.05) is 41.9 Å². The van der Waals surface area contributed by atoms with Crippen molar-refractivity contribution in [1.29, 1.82) is 0 Å². The van der Waals surface area contributed by atoms with Gasteiger partial charge in [-0.05, 0) is 49.8 Å². The molecule has 168 valence electrons. The lowest BCUT2D eigenvalue weighted by Gasteiger charge is -2.28. The number of carbonyl (C=O) groups excluding carboxylic acids is 1. The fourth-order valence-electron chi connectivity index (χ4n) is 4.30. The van der Waals surface area contributed by atoms with E-state index in [1.54, 1.807) is 23.1 Å². The molecule has 0 spiro atoms. The van der Waals surface area contributed by atoms with E-state index in [2.05, 4.69) is 34.7 Å². The van der Waals surface area contributed by atoms with Crippen molar-refractivity contribution in [2.75, 3.05) is 32.8 Å². The van der Waals surface area contributed by atoms with Crippen LogP contribution in [0.1, 0.15) is 48.5 Å². The summed E-state index contributed by atoms with van der Waals surface area (Å²) in [5.74, 6) is 0.481. The van der Waals surface area contributed by atoms with E-state index in [0.717, 1.165) is 29.7 Å². The normalized spacial score (nSPS) is 15.6. The Bertz CT molecular complexity index is 1200. The number of halogens is 1. The Hall–Kier alpha value is -2.64. The summed E-state index contributed by atoms with van der Waals surface area (Å²) in [5.41, 5.74) is 1.48. The standard InChI is InChI=1S/C25H27BrN2O4/c1-4-27(5-2)12-13-28-22(16-8-7-9-17(26)14-16)21-23(29)19-11-10-18(31-6-3)15-20(19)32-24(21)25(28)30/h7-11,14-15,22H,4-6,12-13H2,1-3H3. The quantitative estimate of drug-likeness (QED) is 0.444. The van der Waals surface area contributed by atoms with Gasteiger partial charge in [-0.2, -0.15) is 0 Å². The van der Waals surface area contributed by atoms with Crippen molar-refractivity contribution in [3.05, 3.63) is 74.0 Å². The second kappa shape index (κ2) is 9.46. The first-order chi connectivity index (χ1) is 15.5. The maximum Gasteiger partial charge on any atom is 0.290 e. The number of fused-ring (bicyclic) bond motifs is 2. The van der Waals surface area contributed by atoms with Crippen LogP contribution in [0.4, 0.5) is 0 Å². The second-order valence-corrected chi connectivity index (χ2v) is 8.66. The van der Waals surface area contributed by atoms with Crippen LogP contribution in [0.3, 0.4) is 0 Å². The largest absolute Gasteiger partial charge is 0.494 e. The lowest BCUT2D eigenvalue weighted by atomic mass is 9.98. The molecule has 1 amide bonds. The number of likely N-dealkylation sites (N-methyl/N-ethyl adjacent to an activating group) is 1. The Morgan fingerprint density at radius 3 is 2.56 bits per heavy atom. The van der Waals surface area contributed by atoms with Crippen LogP contribution in [-0.2, 0) is 0 Å². The number of nitrogens with zero attached hydrogens (tertiary/aromatic N) is 2. The Morgan fingerprint density at radius 1 is 1.09 bits per heavy atom. The highest BCUT2D eigenvalue weighted by atomic mass is 79.9. The first-order valence-corrected chi connectivity index (χ1v) is 11.8. The fourth-order valence-corrected chi connectivity index (χ4v) is 4.71. The van der Waals surface area contributed by atoms with E-state index < -0.39 is 6.04 Å². The van der Waals surface area contributed by atoms with Gasteiger partial charge in [-0.25, -0.2) is 0 Å². The first-order valence-electron chi connectivity index (χ1n) is 11.0. The van der Waals surface area contributed by atoms with Crippen molar-refractivity contribution in [2.24, 2.45) is 0 Å². The van der Waals surface area contributed by atoms with Gasteiger partial charge in [0.15, 0.2) is 5.43 Å². The number of carbonyl (C=O) groups is 1. The van der Waals surface area contributed by atoms with E-state index >= 15 is 0 Å². The van der Waals surface area contributed by atoms with Crippen LogP contribution >= 0.6 is 15.9 Å². The van der Waals surface area contributed by atoms with Crippen molar-refractivity contribution in [2.45, 2.75) is 26.8 Å². The summed E-state index contributed by atoms with van der Waals surface area (Å²) in [6, 6.07) is 12.4. The van der Waals surface area contributed by atoms with Gasteiger partial charge < -0.3 is 19.0 Å². The highest BCUT2D eigenvalue weighted by molar-refractivity contribution is 9.10. The Balaban J connectivity index is 1.86. The molecule has 7 heteroatoms. The van der Waals surface area contributed by atoms with Gasteiger partial charge in [0.1, 0.15) is 11.3 Å². The van der Waals surface area contributed by atoms with Crippen molar-refractivity contribution in [3.8, 4) is 5.75 Å². The van der Waals surface area contributed by atoms with Crippen molar-refractivity contribution >= 4 is 32.8 Å². The lowest BCUT2D eigenvalue weighted by Crippen LogP contribution is -2.37. The third kappa shape index (κ3) is 4.07. The van der Waals surface area contributed by atoms with Crippen LogP contribution < -0.4 is 10.2 Å². The maximum atomic E-state index is 13.6. The van der Waals surface area contributed by atoms with Gasteiger partial charge in [0.25, 0.3) is 5.91 Å². The molecule has 3 aromatic rings. The molecule has 0 saturated heterocycles. The summed E-state index contributed by atoms with van der Waals surface area (Å²) in [6.07, 6.45) is 0. The predicted octanol–water partition coefficient (Wildman–Crippen LogP) is 4.84. The molecular formula is C25H27BrN2O4. The van der Waals surface area contributed by atoms with Gasteiger partial charge in [-0.3, -0.25) is 9.59 Å². The van der Waals surface area contributed by atoms with E-state index in [1.807, 2.05) is 31.2 Å². The molecule has 1 aliphatic rings. The van der Waals surface area contributed by atoms with Gasteiger partial charge in [0, 0.05) is 23.6 Å². The average Bonchev–Trinajstić information content (AvgIpc) is 3.07. The van der Waals surface area contributed by atoms with E-state index in [4.69, 9.17) is 9.15 Å². The molecule has 0 radical (unpaired) electrons. The molecule has 0 bridgehead atoms. The molecule has 1 atom stereocenters. The highest BCUT2D eigenvalue weighted by Gasteiger charge is 2.42. The number of rotatable bonds is 8. The smallest absolute Gasteiger partial charge is 0.290 e. The molecular weight excluding hydrogens is 472 g/mol. The topological polar surface area (TPSA) is 63.0 Å². The van der Waals surface area contributed by atoms with Crippen molar-refractivity contribution in [1.82, 2.24) is 9.80 Å². The molecule has 2 aromatic carbocycles. The number of ether oxygens (including phenoxy) is 1. The zero-order valence-electron chi connectivity index (χ0n) is 18.6. The monoisotopic (exact) mass is 498 g/mol. The van der Waals surface area contributed by atoms with Gasteiger partial charge in [-0.15, -0.1) is 0 Å². The summed E-state index contributed by atoms with van der Waals surface area (Å²) >= 11 is 3.52. The molecule has 1 aromatic heterocycles. The lowest BCUT2D eigenvalue weighted by molar-refractivity contribution is 0.0708. The second-order valence-electron chi connectivity index (χ2n) is 7.75. The molecule has 0 fully saturated rings. The van der Waals surface area contributed by atoms with Crippen LogP contribution in [0.2, 0.25) is 0 Å². The van der Waals surface area contributed by atoms with Gasteiger partial charge in [0.05, 0.1) is 23.6 Å². The van der Waals surface area contributed by atoms with Crippen molar-refractivity contribution in [3.63, 3.8) is 0 Å². The van der Waals surface area contributed by atoms with E-state index in [9.17, 15) is 9.59 Å². The molecule has 1 unspecified atom stereocenters. The van der Waals surface area contributed by atoms with E-state index in [0.29, 0.717) is 35.4 Å². The first kappa shape index (κ1) is 22.6. The minimum atomic E-state index is -0.488. The number of hydrogen-bond donors (Lipinski definition) is 0. The molecule has 4 rings (SSSR count). The Morgan fingerprint density at radius 2 is 1.88 bits per heavy atom. The summed E-state index contributed by atoms with van der Waals surface area (Å²) in [7, 11) is 0. The van der Waals surface area contributed by atoms with Gasteiger partial charge in [0.2, 0.25) is 5.76 Å². The number of benzene rings is 2. The van der Waals surface area contributed by atoms with E-state index in [1.165, 1.54) is 0 Å². The Labute approximate surface area is 195 Å². The molecule has 0 saturated carbocycles. The van der Waals surface area contributed by atoms with Crippen LogP contribution in [-0.4, -0.2) is 48.5 Å². The molecule has 1 aliphatic heterocycles. The highest BCUT2D eigenvalue weighted by Crippen LogP contribution is 2.39. The maximum absolute atomic E-state index is 13.6. The van der Waals surface area contributed by atoms with Crippen LogP contribution in [0.15, 0.2) is 56.1 Å². The molecule has 0 aliphatic carbocycles. The fraction of sp³-hybridized carbons (Fsp3) is 0.360. The summed E-state index contributed by atoms with van der Waals surface area (Å²) in [4.78, 5) is 31.1. The summed E-state index contributed by atoms with van der Waals surface area (Å²) < 4.78 is 12.5. The molecule has 2 heterocycles. The summed E-state index contributed by atoms with van der Waals surface area (Å²) in [6.45, 7) is 9.61.